The van der Waals surface area contributed by atoms with Gasteiger partial charge < -0.3 is 10.6 Å². The first-order valence-corrected chi connectivity index (χ1v) is 7.00. The van der Waals surface area contributed by atoms with Gasteiger partial charge in [-0.15, -0.1) is 0 Å². The van der Waals surface area contributed by atoms with Crippen LogP contribution in [0.15, 0.2) is 54.6 Å². The molecule has 0 aliphatic heterocycles. The summed E-state index contributed by atoms with van der Waals surface area (Å²) in [6.07, 6.45) is 2.08. The average molecular weight is 280 g/mol. The second-order valence-electron chi connectivity index (χ2n) is 5.15. The Bertz CT molecular complexity index is 664. The molecule has 0 aromatic heterocycles. The summed E-state index contributed by atoms with van der Waals surface area (Å²) >= 11 is 0. The summed E-state index contributed by atoms with van der Waals surface area (Å²) in [6.45, 7) is 0. The van der Waals surface area contributed by atoms with Crippen molar-refractivity contribution in [2.45, 2.75) is 18.9 Å². The van der Waals surface area contributed by atoms with Crippen molar-refractivity contribution in [2.24, 2.45) is 0 Å². The van der Waals surface area contributed by atoms with Crippen LogP contribution in [0, 0.1) is 0 Å². The van der Waals surface area contributed by atoms with Gasteiger partial charge in [0.05, 0.1) is 0 Å². The SMILES string of the molecule is O=C(Nc1ccccc1)c1cccc(C(=O)NC2CC2)c1. The molecule has 21 heavy (non-hydrogen) atoms. The van der Waals surface area contributed by atoms with Crippen molar-refractivity contribution in [3.63, 3.8) is 0 Å². The van der Waals surface area contributed by atoms with Crippen LogP contribution < -0.4 is 10.6 Å². The smallest absolute Gasteiger partial charge is 0.255 e. The second kappa shape index (κ2) is 5.79. The van der Waals surface area contributed by atoms with Gasteiger partial charge in [0.25, 0.3) is 11.8 Å². The molecule has 106 valence electrons. The maximum atomic E-state index is 12.2. The first kappa shape index (κ1) is 13.4. The van der Waals surface area contributed by atoms with E-state index in [1.165, 1.54) is 0 Å². The van der Waals surface area contributed by atoms with E-state index >= 15 is 0 Å². The molecule has 2 N–H and O–H groups in total. The van der Waals surface area contributed by atoms with Crippen LogP contribution in [0.5, 0.6) is 0 Å². The molecule has 1 saturated carbocycles. The summed E-state index contributed by atoms with van der Waals surface area (Å²) in [4.78, 5) is 24.2. The fourth-order valence-corrected chi connectivity index (χ4v) is 2.02. The van der Waals surface area contributed by atoms with Crippen LogP contribution in [-0.4, -0.2) is 17.9 Å². The molecule has 0 bridgehead atoms. The molecule has 1 fully saturated rings. The quantitative estimate of drug-likeness (QED) is 0.904. The lowest BCUT2D eigenvalue weighted by molar-refractivity contribution is 0.0951. The molecule has 1 aliphatic rings. The summed E-state index contributed by atoms with van der Waals surface area (Å²) in [5.41, 5.74) is 1.72. The van der Waals surface area contributed by atoms with Gasteiger partial charge in [-0.05, 0) is 43.2 Å². The third-order valence-corrected chi connectivity index (χ3v) is 3.33. The van der Waals surface area contributed by atoms with Crippen molar-refractivity contribution in [2.75, 3.05) is 5.32 Å². The van der Waals surface area contributed by atoms with Crippen molar-refractivity contribution in [1.82, 2.24) is 5.32 Å². The second-order valence-corrected chi connectivity index (χ2v) is 5.15. The van der Waals surface area contributed by atoms with E-state index in [1.807, 2.05) is 30.3 Å². The van der Waals surface area contributed by atoms with Crippen molar-refractivity contribution in [3.05, 3.63) is 65.7 Å². The van der Waals surface area contributed by atoms with Gasteiger partial charge in [0, 0.05) is 22.9 Å². The summed E-state index contributed by atoms with van der Waals surface area (Å²) in [6, 6.07) is 16.3. The average Bonchev–Trinajstić information content (AvgIpc) is 3.32. The molecule has 2 aromatic carbocycles. The Kier molecular flexibility index (Phi) is 3.69. The highest BCUT2D eigenvalue weighted by atomic mass is 16.2. The minimum absolute atomic E-state index is 0.119. The fourth-order valence-electron chi connectivity index (χ4n) is 2.02. The molecule has 0 radical (unpaired) electrons. The van der Waals surface area contributed by atoms with Crippen LogP contribution >= 0.6 is 0 Å². The van der Waals surface area contributed by atoms with E-state index in [9.17, 15) is 9.59 Å². The molecule has 0 saturated heterocycles. The van der Waals surface area contributed by atoms with Gasteiger partial charge in [0.1, 0.15) is 0 Å². The van der Waals surface area contributed by atoms with Crippen LogP contribution in [0.2, 0.25) is 0 Å². The minimum Gasteiger partial charge on any atom is -0.349 e. The van der Waals surface area contributed by atoms with Crippen LogP contribution in [0.4, 0.5) is 5.69 Å². The lowest BCUT2D eigenvalue weighted by Gasteiger charge is -2.07. The summed E-state index contributed by atoms with van der Waals surface area (Å²) < 4.78 is 0. The molecular weight excluding hydrogens is 264 g/mol. The number of hydrogen-bond donors (Lipinski definition) is 2. The Hall–Kier alpha value is -2.62. The highest BCUT2D eigenvalue weighted by molar-refractivity contribution is 6.06. The van der Waals surface area contributed by atoms with Gasteiger partial charge >= 0.3 is 0 Å². The molecule has 2 amide bonds. The highest BCUT2D eigenvalue weighted by Crippen LogP contribution is 2.19. The van der Waals surface area contributed by atoms with E-state index in [0.29, 0.717) is 17.2 Å². The van der Waals surface area contributed by atoms with Crippen LogP contribution in [0.25, 0.3) is 0 Å². The molecule has 3 rings (SSSR count). The number of para-hydroxylation sites is 1. The molecular formula is C17H16N2O2. The van der Waals surface area contributed by atoms with E-state index in [2.05, 4.69) is 10.6 Å². The van der Waals surface area contributed by atoms with E-state index < -0.39 is 0 Å². The van der Waals surface area contributed by atoms with Gasteiger partial charge in [-0.25, -0.2) is 0 Å². The number of nitrogens with one attached hydrogen (secondary N) is 2. The van der Waals surface area contributed by atoms with E-state index in [1.54, 1.807) is 24.3 Å². The predicted molar refractivity (Wildman–Crippen MR) is 81.3 cm³/mol. The maximum Gasteiger partial charge on any atom is 0.255 e. The number of hydrogen-bond acceptors (Lipinski definition) is 2. The first-order chi connectivity index (χ1) is 10.2. The normalized spacial score (nSPS) is 13.5. The van der Waals surface area contributed by atoms with Gasteiger partial charge in [0.15, 0.2) is 0 Å². The zero-order valence-electron chi connectivity index (χ0n) is 11.5. The number of carbonyl (C=O) groups excluding carboxylic acids is 2. The molecule has 0 unspecified atom stereocenters. The van der Waals surface area contributed by atoms with Gasteiger partial charge in [0.2, 0.25) is 0 Å². The molecule has 4 heteroatoms. The number of benzene rings is 2. The van der Waals surface area contributed by atoms with E-state index in [-0.39, 0.29) is 11.8 Å². The topological polar surface area (TPSA) is 58.2 Å². The first-order valence-electron chi connectivity index (χ1n) is 7.00. The van der Waals surface area contributed by atoms with Crippen LogP contribution in [-0.2, 0) is 0 Å². The predicted octanol–water partition coefficient (Wildman–Crippen LogP) is 2.83. The monoisotopic (exact) mass is 280 g/mol. The highest BCUT2D eigenvalue weighted by Gasteiger charge is 2.24. The van der Waals surface area contributed by atoms with Crippen molar-refractivity contribution < 1.29 is 9.59 Å². The van der Waals surface area contributed by atoms with Crippen molar-refractivity contribution >= 4 is 17.5 Å². The van der Waals surface area contributed by atoms with Crippen LogP contribution in [0.3, 0.4) is 0 Å². The lowest BCUT2D eigenvalue weighted by atomic mass is 10.1. The maximum absolute atomic E-state index is 12.2. The van der Waals surface area contributed by atoms with Crippen molar-refractivity contribution in [1.29, 1.82) is 0 Å². The minimum atomic E-state index is -0.220. The number of carbonyl (C=O) groups is 2. The molecule has 0 atom stereocenters. The van der Waals surface area contributed by atoms with E-state index in [0.717, 1.165) is 18.5 Å². The van der Waals surface area contributed by atoms with Crippen LogP contribution in [0.1, 0.15) is 33.6 Å². The zero-order chi connectivity index (χ0) is 14.7. The standard InChI is InChI=1S/C17H16N2O2/c20-16(18-14-7-2-1-3-8-14)12-5-4-6-13(11-12)17(21)19-15-9-10-15/h1-8,11,15H,9-10H2,(H,18,20)(H,19,21). The van der Waals surface area contributed by atoms with E-state index in [4.69, 9.17) is 0 Å². The fraction of sp³-hybridized carbons (Fsp3) is 0.176. The summed E-state index contributed by atoms with van der Waals surface area (Å²) in [5.74, 6) is -0.339. The largest absolute Gasteiger partial charge is 0.349 e. The van der Waals surface area contributed by atoms with Gasteiger partial charge in [-0.3, -0.25) is 9.59 Å². The molecule has 0 spiro atoms. The Morgan fingerprint density at radius 2 is 1.52 bits per heavy atom. The number of anilines is 1. The molecule has 1 aliphatic carbocycles. The Labute approximate surface area is 123 Å². The van der Waals surface area contributed by atoms with Crippen molar-refractivity contribution in [3.8, 4) is 0 Å². The molecule has 4 nitrogen and oxygen atoms in total. The summed E-state index contributed by atoms with van der Waals surface area (Å²) in [5, 5.41) is 5.72. The van der Waals surface area contributed by atoms with Gasteiger partial charge in [-0.2, -0.15) is 0 Å². The molecule has 2 aromatic rings. The Balaban J connectivity index is 1.72. The lowest BCUT2D eigenvalue weighted by Crippen LogP contribution is -2.25. The zero-order valence-corrected chi connectivity index (χ0v) is 11.5. The third kappa shape index (κ3) is 3.48. The number of rotatable bonds is 4. The summed E-state index contributed by atoms with van der Waals surface area (Å²) in [7, 11) is 0. The molecule has 0 heterocycles. The Morgan fingerprint density at radius 3 is 2.19 bits per heavy atom. The Morgan fingerprint density at radius 1 is 0.857 bits per heavy atom. The van der Waals surface area contributed by atoms with Gasteiger partial charge in [-0.1, -0.05) is 24.3 Å². The third-order valence-electron chi connectivity index (χ3n) is 3.33. The number of amides is 2.